The molecule has 1 N–H and O–H groups in total. The van der Waals surface area contributed by atoms with Crippen LogP contribution < -0.4 is 5.32 Å². The predicted octanol–water partition coefficient (Wildman–Crippen LogP) is 4.80. The smallest absolute Gasteiger partial charge is 0.338 e. The lowest BCUT2D eigenvalue weighted by Crippen LogP contribution is -2.37. The van der Waals surface area contributed by atoms with Gasteiger partial charge in [-0.25, -0.2) is 4.79 Å². The first kappa shape index (κ1) is 18.6. The van der Waals surface area contributed by atoms with Gasteiger partial charge in [0.2, 0.25) is 0 Å². The second kappa shape index (κ2) is 7.90. The third-order valence-corrected chi connectivity index (χ3v) is 4.56. The average molecular weight is 377 g/mol. The van der Waals surface area contributed by atoms with E-state index in [0.717, 1.165) is 22.6 Å². The number of hydrogen-bond donors (Lipinski definition) is 1. The molecule has 0 atom stereocenters. The lowest BCUT2D eigenvalue weighted by atomic mass is 10.1. The zero-order chi connectivity index (χ0) is 17.7. The van der Waals surface area contributed by atoms with E-state index in [2.05, 4.69) is 5.32 Å². The SMILES string of the molecule is CN(Cc1ccc(Cl)s1)C(=O)NCCc1ccc(C(F)(F)F)cc1. The van der Waals surface area contributed by atoms with E-state index in [1.165, 1.54) is 28.4 Å². The highest BCUT2D eigenvalue weighted by molar-refractivity contribution is 7.16. The molecule has 130 valence electrons. The maximum absolute atomic E-state index is 12.5. The molecule has 2 aromatic rings. The van der Waals surface area contributed by atoms with Crippen LogP contribution in [0.5, 0.6) is 0 Å². The van der Waals surface area contributed by atoms with Crippen LogP contribution in [-0.2, 0) is 19.1 Å². The minimum absolute atomic E-state index is 0.244. The van der Waals surface area contributed by atoms with Gasteiger partial charge in [-0.3, -0.25) is 0 Å². The van der Waals surface area contributed by atoms with Crippen molar-refractivity contribution in [1.29, 1.82) is 0 Å². The van der Waals surface area contributed by atoms with Gasteiger partial charge in [0.1, 0.15) is 0 Å². The van der Waals surface area contributed by atoms with Gasteiger partial charge >= 0.3 is 12.2 Å². The summed E-state index contributed by atoms with van der Waals surface area (Å²) >= 11 is 7.25. The fourth-order valence-corrected chi connectivity index (χ4v) is 3.19. The minimum atomic E-state index is -4.33. The summed E-state index contributed by atoms with van der Waals surface area (Å²) in [7, 11) is 1.67. The van der Waals surface area contributed by atoms with Crippen molar-refractivity contribution in [2.75, 3.05) is 13.6 Å². The number of nitrogens with zero attached hydrogens (tertiary/aromatic N) is 1. The summed E-state index contributed by atoms with van der Waals surface area (Å²) in [5.74, 6) is 0. The molecule has 0 saturated carbocycles. The van der Waals surface area contributed by atoms with Crippen LogP contribution in [0.3, 0.4) is 0 Å². The quantitative estimate of drug-likeness (QED) is 0.798. The van der Waals surface area contributed by atoms with Crippen molar-refractivity contribution in [2.45, 2.75) is 19.1 Å². The summed E-state index contributed by atoms with van der Waals surface area (Å²) in [6, 6.07) is 8.33. The molecule has 0 bridgehead atoms. The molecule has 0 fully saturated rings. The van der Waals surface area contributed by atoms with Crippen LogP contribution in [0.15, 0.2) is 36.4 Å². The number of alkyl halides is 3. The van der Waals surface area contributed by atoms with Gasteiger partial charge in [0.15, 0.2) is 0 Å². The highest BCUT2D eigenvalue weighted by Gasteiger charge is 2.29. The molecule has 24 heavy (non-hydrogen) atoms. The number of amides is 2. The molecule has 8 heteroatoms. The summed E-state index contributed by atoms with van der Waals surface area (Å²) in [5.41, 5.74) is 0.0561. The molecule has 0 unspecified atom stereocenters. The molecule has 0 aliphatic heterocycles. The normalized spacial score (nSPS) is 11.4. The van der Waals surface area contributed by atoms with Crippen molar-refractivity contribution in [2.24, 2.45) is 0 Å². The Bertz CT molecular complexity index is 685. The first-order valence-corrected chi connectivity index (χ1v) is 8.34. The van der Waals surface area contributed by atoms with Gasteiger partial charge in [0.25, 0.3) is 0 Å². The second-order valence-corrected chi connectivity index (χ2v) is 7.04. The fourth-order valence-electron chi connectivity index (χ4n) is 2.05. The predicted molar refractivity (Wildman–Crippen MR) is 89.3 cm³/mol. The van der Waals surface area contributed by atoms with Crippen molar-refractivity contribution in [3.05, 3.63) is 56.7 Å². The summed E-state index contributed by atoms with van der Waals surface area (Å²) in [5, 5.41) is 2.74. The molecule has 0 aliphatic rings. The zero-order valence-corrected chi connectivity index (χ0v) is 14.4. The van der Waals surface area contributed by atoms with Crippen LogP contribution in [-0.4, -0.2) is 24.5 Å². The Morgan fingerprint density at radius 3 is 2.42 bits per heavy atom. The number of hydrogen-bond acceptors (Lipinski definition) is 2. The topological polar surface area (TPSA) is 32.3 Å². The van der Waals surface area contributed by atoms with Crippen LogP contribution in [0.2, 0.25) is 4.34 Å². The number of halogens is 4. The van der Waals surface area contributed by atoms with Gasteiger partial charge in [-0.05, 0) is 36.2 Å². The van der Waals surface area contributed by atoms with Gasteiger partial charge in [-0.2, -0.15) is 13.2 Å². The van der Waals surface area contributed by atoms with E-state index in [-0.39, 0.29) is 6.03 Å². The maximum atomic E-state index is 12.5. The molecular weight excluding hydrogens is 361 g/mol. The van der Waals surface area contributed by atoms with Crippen LogP contribution >= 0.6 is 22.9 Å². The zero-order valence-electron chi connectivity index (χ0n) is 12.9. The Labute approximate surface area is 147 Å². The highest BCUT2D eigenvalue weighted by Crippen LogP contribution is 2.29. The molecule has 3 nitrogen and oxygen atoms in total. The van der Waals surface area contributed by atoms with Crippen molar-refractivity contribution in [3.8, 4) is 0 Å². The molecule has 1 heterocycles. The number of benzene rings is 1. The monoisotopic (exact) mass is 376 g/mol. The van der Waals surface area contributed by atoms with Gasteiger partial charge in [-0.15, -0.1) is 11.3 Å². The summed E-state index contributed by atoms with van der Waals surface area (Å²) < 4.78 is 38.1. The Balaban J connectivity index is 1.77. The van der Waals surface area contributed by atoms with Crippen LogP contribution in [0, 0.1) is 0 Å². The van der Waals surface area contributed by atoms with E-state index in [1.54, 1.807) is 13.1 Å². The molecule has 1 aromatic carbocycles. The number of nitrogens with one attached hydrogen (secondary N) is 1. The van der Waals surface area contributed by atoms with Gasteiger partial charge < -0.3 is 10.2 Å². The van der Waals surface area contributed by atoms with Crippen molar-refractivity contribution in [1.82, 2.24) is 10.2 Å². The Morgan fingerprint density at radius 2 is 1.88 bits per heavy atom. The van der Waals surface area contributed by atoms with Gasteiger partial charge in [-0.1, -0.05) is 23.7 Å². The van der Waals surface area contributed by atoms with E-state index in [9.17, 15) is 18.0 Å². The third kappa shape index (κ3) is 5.42. The molecule has 0 saturated heterocycles. The molecule has 0 radical (unpaired) electrons. The number of carbonyl (C=O) groups excluding carboxylic acids is 1. The number of carbonyl (C=O) groups is 1. The molecule has 2 amide bonds. The largest absolute Gasteiger partial charge is 0.416 e. The van der Waals surface area contributed by atoms with Crippen LogP contribution in [0.25, 0.3) is 0 Å². The summed E-state index contributed by atoms with van der Waals surface area (Å²) in [4.78, 5) is 14.5. The molecular formula is C16H16ClF3N2OS. The molecule has 0 aliphatic carbocycles. The van der Waals surface area contributed by atoms with E-state index >= 15 is 0 Å². The molecule has 1 aromatic heterocycles. The Morgan fingerprint density at radius 1 is 1.21 bits per heavy atom. The Hall–Kier alpha value is -1.73. The van der Waals surface area contributed by atoms with E-state index in [1.807, 2.05) is 6.07 Å². The minimum Gasteiger partial charge on any atom is -0.338 e. The Kier molecular flexibility index (Phi) is 6.12. The van der Waals surface area contributed by atoms with Crippen molar-refractivity contribution < 1.29 is 18.0 Å². The van der Waals surface area contributed by atoms with Gasteiger partial charge in [0, 0.05) is 18.5 Å². The highest BCUT2D eigenvalue weighted by atomic mass is 35.5. The summed E-state index contributed by atoms with van der Waals surface area (Å²) in [6.07, 6.45) is -3.87. The van der Waals surface area contributed by atoms with E-state index < -0.39 is 11.7 Å². The molecule has 0 spiro atoms. The number of urea groups is 1. The van der Waals surface area contributed by atoms with Crippen molar-refractivity contribution >= 4 is 29.0 Å². The van der Waals surface area contributed by atoms with E-state index in [4.69, 9.17) is 11.6 Å². The van der Waals surface area contributed by atoms with Crippen LogP contribution in [0.1, 0.15) is 16.0 Å². The standard InChI is InChI=1S/C16H16ClF3N2OS/c1-22(10-13-6-7-14(17)24-13)15(23)21-9-8-11-2-4-12(5-3-11)16(18,19)20/h2-7H,8-10H2,1H3,(H,21,23). The van der Waals surface area contributed by atoms with Gasteiger partial charge in [0.05, 0.1) is 16.4 Å². The first-order valence-electron chi connectivity index (χ1n) is 7.15. The summed E-state index contributed by atoms with van der Waals surface area (Å²) in [6.45, 7) is 0.795. The second-order valence-electron chi connectivity index (χ2n) is 5.24. The lowest BCUT2D eigenvalue weighted by molar-refractivity contribution is -0.137. The van der Waals surface area contributed by atoms with Crippen molar-refractivity contribution in [3.63, 3.8) is 0 Å². The maximum Gasteiger partial charge on any atom is 0.416 e. The van der Waals surface area contributed by atoms with Crippen LogP contribution in [0.4, 0.5) is 18.0 Å². The lowest BCUT2D eigenvalue weighted by Gasteiger charge is -2.17. The fraction of sp³-hybridized carbons (Fsp3) is 0.312. The number of thiophene rings is 1. The molecule has 2 rings (SSSR count). The third-order valence-electron chi connectivity index (χ3n) is 3.34. The average Bonchev–Trinajstić information content (AvgIpc) is 2.91. The first-order chi connectivity index (χ1) is 11.3. The number of rotatable bonds is 5. The van der Waals surface area contributed by atoms with E-state index in [0.29, 0.717) is 23.8 Å².